The van der Waals surface area contributed by atoms with E-state index in [1.807, 2.05) is 13.1 Å². The average Bonchev–Trinajstić information content (AvgIpc) is 2.82. The van der Waals surface area contributed by atoms with Gasteiger partial charge in [0.15, 0.2) is 0 Å². The fraction of sp³-hybridized carbons (Fsp3) is 0.308. The maximum Gasteiger partial charge on any atom is 0.126 e. The molecular formula is C13H16FN3. The molecule has 0 radical (unpaired) electrons. The molecule has 0 aliphatic carbocycles. The minimum Gasteiger partial charge on any atom is -0.349 e. The number of aromatic nitrogens is 2. The van der Waals surface area contributed by atoms with Gasteiger partial charge in [-0.15, -0.1) is 0 Å². The predicted octanol–water partition coefficient (Wildman–Crippen LogP) is 2.36. The predicted molar refractivity (Wildman–Crippen MR) is 65.2 cm³/mol. The maximum atomic E-state index is 13.5. The lowest BCUT2D eigenvalue weighted by Crippen LogP contribution is -2.19. The Morgan fingerprint density at radius 3 is 2.88 bits per heavy atom. The number of likely N-dealkylation sites (N-methyl/N-ethyl adjacent to an activating group) is 1. The van der Waals surface area contributed by atoms with Crippen molar-refractivity contribution in [2.75, 3.05) is 7.05 Å². The second-order valence-electron chi connectivity index (χ2n) is 4.09. The van der Waals surface area contributed by atoms with Crippen LogP contribution >= 0.6 is 0 Å². The normalized spacial score (nSPS) is 12.6. The van der Waals surface area contributed by atoms with Crippen molar-refractivity contribution in [3.05, 3.63) is 53.4 Å². The zero-order valence-electron chi connectivity index (χ0n) is 10.00. The van der Waals surface area contributed by atoms with Gasteiger partial charge in [-0.25, -0.2) is 9.37 Å². The molecule has 0 saturated carbocycles. The highest BCUT2D eigenvalue weighted by Crippen LogP contribution is 2.19. The number of aromatic amines is 1. The second kappa shape index (κ2) is 5.10. The number of halogens is 1. The largest absolute Gasteiger partial charge is 0.349 e. The number of nitrogens with zero attached hydrogens (tertiary/aromatic N) is 1. The van der Waals surface area contributed by atoms with Crippen molar-refractivity contribution >= 4 is 0 Å². The minimum absolute atomic E-state index is 0.0660. The van der Waals surface area contributed by atoms with Crippen molar-refractivity contribution < 1.29 is 4.39 Å². The Bertz CT molecular complexity index is 479. The summed E-state index contributed by atoms with van der Waals surface area (Å²) < 4.78 is 13.5. The molecule has 0 fully saturated rings. The van der Waals surface area contributed by atoms with Crippen LogP contribution in [-0.4, -0.2) is 17.0 Å². The van der Waals surface area contributed by atoms with Gasteiger partial charge in [0.25, 0.3) is 0 Å². The summed E-state index contributed by atoms with van der Waals surface area (Å²) in [7, 11) is 1.87. The summed E-state index contributed by atoms with van der Waals surface area (Å²) in [4.78, 5) is 7.23. The molecule has 0 amide bonds. The Kier molecular flexibility index (Phi) is 3.54. The van der Waals surface area contributed by atoms with E-state index in [-0.39, 0.29) is 11.9 Å². The van der Waals surface area contributed by atoms with Gasteiger partial charge in [-0.3, -0.25) is 0 Å². The number of rotatable bonds is 4. The van der Waals surface area contributed by atoms with E-state index in [4.69, 9.17) is 0 Å². The molecule has 0 aliphatic rings. The molecule has 0 bridgehead atoms. The highest BCUT2D eigenvalue weighted by molar-refractivity contribution is 5.26. The number of nitrogens with one attached hydrogen (secondary N) is 2. The van der Waals surface area contributed by atoms with E-state index in [9.17, 15) is 4.39 Å². The van der Waals surface area contributed by atoms with Crippen LogP contribution < -0.4 is 5.32 Å². The summed E-state index contributed by atoms with van der Waals surface area (Å²) in [5.41, 5.74) is 1.61. The highest BCUT2D eigenvalue weighted by Gasteiger charge is 2.12. The van der Waals surface area contributed by atoms with Gasteiger partial charge in [0.05, 0.1) is 0 Å². The molecule has 0 saturated heterocycles. The molecule has 17 heavy (non-hydrogen) atoms. The lowest BCUT2D eigenvalue weighted by Gasteiger charge is -2.16. The summed E-state index contributed by atoms with van der Waals surface area (Å²) >= 11 is 0. The van der Waals surface area contributed by atoms with Crippen LogP contribution in [0.25, 0.3) is 0 Å². The summed E-state index contributed by atoms with van der Waals surface area (Å²) in [6, 6.07) is 5.40. The molecule has 3 nitrogen and oxygen atoms in total. The number of imidazole rings is 1. The van der Waals surface area contributed by atoms with Crippen molar-refractivity contribution in [1.29, 1.82) is 0 Å². The summed E-state index contributed by atoms with van der Waals surface area (Å²) in [6.45, 7) is 1.76. The molecule has 1 heterocycles. The van der Waals surface area contributed by atoms with E-state index in [2.05, 4.69) is 15.3 Å². The first-order chi connectivity index (χ1) is 8.20. The topological polar surface area (TPSA) is 40.7 Å². The Morgan fingerprint density at radius 2 is 2.29 bits per heavy atom. The SMILES string of the molecule is CNC(Cc1ncc[nH]1)c1ccc(C)c(F)c1. The third-order valence-corrected chi connectivity index (χ3v) is 2.90. The first-order valence-corrected chi connectivity index (χ1v) is 5.62. The van der Waals surface area contributed by atoms with Crippen molar-refractivity contribution in [3.63, 3.8) is 0 Å². The van der Waals surface area contributed by atoms with Crippen LogP contribution in [0.1, 0.15) is 23.0 Å². The van der Waals surface area contributed by atoms with Crippen LogP contribution in [0.2, 0.25) is 0 Å². The summed E-state index contributed by atoms with van der Waals surface area (Å²) in [5, 5.41) is 3.18. The average molecular weight is 233 g/mol. The molecule has 1 atom stereocenters. The van der Waals surface area contributed by atoms with Crippen molar-refractivity contribution in [3.8, 4) is 0 Å². The molecule has 2 N–H and O–H groups in total. The lowest BCUT2D eigenvalue weighted by molar-refractivity contribution is 0.564. The van der Waals surface area contributed by atoms with Gasteiger partial charge in [-0.05, 0) is 31.2 Å². The highest BCUT2D eigenvalue weighted by atomic mass is 19.1. The Morgan fingerprint density at radius 1 is 1.47 bits per heavy atom. The molecule has 4 heteroatoms. The molecule has 1 aromatic carbocycles. The van der Waals surface area contributed by atoms with Gasteiger partial charge < -0.3 is 10.3 Å². The molecule has 0 spiro atoms. The number of benzene rings is 1. The van der Waals surface area contributed by atoms with Crippen LogP contribution in [0.3, 0.4) is 0 Å². The summed E-state index contributed by atoms with van der Waals surface area (Å²) in [6.07, 6.45) is 4.22. The number of H-pyrrole nitrogens is 1. The molecule has 0 aliphatic heterocycles. The molecule has 1 unspecified atom stereocenters. The number of aryl methyl sites for hydroxylation is 1. The van der Waals surface area contributed by atoms with Crippen LogP contribution in [0.4, 0.5) is 4.39 Å². The van der Waals surface area contributed by atoms with Crippen LogP contribution in [-0.2, 0) is 6.42 Å². The molecule has 2 aromatic rings. The van der Waals surface area contributed by atoms with Gasteiger partial charge in [-0.2, -0.15) is 0 Å². The van der Waals surface area contributed by atoms with Gasteiger partial charge in [0, 0.05) is 24.9 Å². The lowest BCUT2D eigenvalue weighted by atomic mass is 10.0. The zero-order valence-corrected chi connectivity index (χ0v) is 10.00. The van der Waals surface area contributed by atoms with Gasteiger partial charge in [-0.1, -0.05) is 12.1 Å². The first-order valence-electron chi connectivity index (χ1n) is 5.62. The molecular weight excluding hydrogens is 217 g/mol. The van der Waals surface area contributed by atoms with Crippen LogP contribution in [0.15, 0.2) is 30.6 Å². The quantitative estimate of drug-likeness (QED) is 0.851. The smallest absolute Gasteiger partial charge is 0.126 e. The number of hydrogen-bond acceptors (Lipinski definition) is 2. The van der Waals surface area contributed by atoms with E-state index in [1.54, 1.807) is 31.5 Å². The van der Waals surface area contributed by atoms with Crippen molar-refractivity contribution in [1.82, 2.24) is 15.3 Å². The molecule has 1 aromatic heterocycles. The van der Waals surface area contributed by atoms with Gasteiger partial charge in [0.1, 0.15) is 11.6 Å². The second-order valence-corrected chi connectivity index (χ2v) is 4.09. The Labute approximate surface area is 100 Å². The van der Waals surface area contributed by atoms with Gasteiger partial charge in [0.2, 0.25) is 0 Å². The van der Waals surface area contributed by atoms with E-state index < -0.39 is 0 Å². The Balaban J connectivity index is 2.20. The van der Waals surface area contributed by atoms with E-state index in [0.717, 1.165) is 11.4 Å². The Hall–Kier alpha value is -1.68. The first kappa shape index (κ1) is 11.8. The minimum atomic E-state index is -0.165. The third-order valence-electron chi connectivity index (χ3n) is 2.90. The number of hydrogen-bond donors (Lipinski definition) is 2. The van der Waals surface area contributed by atoms with Gasteiger partial charge >= 0.3 is 0 Å². The standard InChI is InChI=1S/C13H16FN3/c1-9-3-4-10(7-11(9)14)12(15-2)8-13-16-5-6-17-13/h3-7,12,15H,8H2,1-2H3,(H,16,17). The van der Waals surface area contributed by atoms with E-state index >= 15 is 0 Å². The van der Waals surface area contributed by atoms with E-state index in [0.29, 0.717) is 12.0 Å². The monoisotopic (exact) mass is 233 g/mol. The summed E-state index contributed by atoms with van der Waals surface area (Å²) in [5.74, 6) is 0.729. The zero-order chi connectivity index (χ0) is 12.3. The third kappa shape index (κ3) is 2.71. The fourth-order valence-electron chi connectivity index (χ4n) is 1.82. The fourth-order valence-corrected chi connectivity index (χ4v) is 1.82. The maximum absolute atomic E-state index is 13.5. The van der Waals surface area contributed by atoms with Crippen LogP contribution in [0.5, 0.6) is 0 Å². The van der Waals surface area contributed by atoms with Crippen LogP contribution in [0, 0.1) is 12.7 Å². The van der Waals surface area contributed by atoms with Crippen molar-refractivity contribution in [2.24, 2.45) is 0 Å². The van der Waals surface area contributed by atoms with Crippen molar-refractivity contribution in [2.45, 2.75) is 19.4 Å². The molecule has 2 rings (SSSR count). The van der Waals surface area contributed by atoms with E-state index in [1.165, 1.54) is 0 Å². The molecule has 90 valence electrons.